The van der Waals surface area contributed by atoms with Crippen LogP contribution in [0.2, 0.25) is 0 Å². The number of hydrogen-bond donors (Lipinski definition) is 2. The van der Waals surface area contributed by atoms with Gasteiger partial charge >= 0.3 is 0 Å². The van der Waals surface area contributed by atoms with E-state index in [0.717, 1.165) is 13.1 Å². The number of nitrogens with one attached hydrogen (secondary N) is 2. The second-order valence-corrected chi connectivity index (χ2v) is 5.54. The van der Waals surface area contributed by atoms with Gasteiger partial charge in [0.2, 0.25) is 5.91 Å². The number of rotatable bonds is 4. The van der Waals surface area contributed by atoms with Crippen molar-refractivity contribution in [3.63, 3.8) is 0 Å². The molecule has 0 radical (unpaired) electrons. The Kier molecular flexibility index (Phi) is 3.08. The van der Waals surface area contributed by atoms with Crippen LogP contribution in [0, 0.1) is 18.8 Å². The number of aryl methyl sites for hydroxylation is 1. The van der Waals surface area contributed by atoms with Gasteiger partial charge < -0.3 is 10.6 Å². The summed E-state index contributed by atoms with van der Waals surface area (Å²) in [6.07, 6.45) is 2.48. The first-order valence-electron chi connectivity index (χ1n) is 6.82. The first-order chi connectivity index (χ1) is 8.75. The number of carbonyl (C=O) groups excluding carboxylic acids is 1. The summed E-state index contributed by atoms with van der Waals surface area (Å²) >= 11 is 0. The topological polar surface area (TPSA) is 41.1 Å². The fraction of sp³-hybridized carbons (Fsp3) is 0.533. The van der Waals surface area contributed by atoms with Crippen LogP contribution >= 0.6 is 0 Å². The van der Waals surface area contributed by atoms with Gasteiger partial charge in [-0.25, -0.2) is 0 Å². The highest BCUT2D eigenvalue weighted by molar-refractivity contribution is 5.80. The Morgan fingerprint density at radius 3 is 2.61 bits per heavy atom. The first-order valence-corrected chi connectivity index (χ1v) is 6.82. The third-order valence-corrected chi connectivity index (χ3v) is 4.07. The lowest BCUT2D eigenvalue weighted by Crippen LogP contribution is -2.51. The lowest BCUT2D eigenvalue weighted by Gasteiger charge is -2.29. The van der Waals surface area contributed by atoms with E-state index >= 15 is 0 Å². The number of carbonyl (C=O) groups is 1. The summed E-state index contributed by atoms with van der Waals surface area (Å²) in [5, 5.41) is 6.41. The molecule has 1 saturated carbocycles. The standard InChI is InChI=1S/C15H20N2O/c1-10-4-2-3-5-13(10)14(11-6-7-11)17-15(18)12-8-16-9-12/h2-5,11-12,14,16H,6-9H2,1H3,(H,17,18). The third-order valence-electron chi connectivity index (χ3n) is 4.07. The van der Waals surface area contributed by atoms with Crippen LogP contribution in [-0.2, 0) is 4.79 Å². The molecular weight excluding hydrogens is 224 g/mol. The number of benzene rings is 1. The van der Waals surface area contributed by atoms with Gasteiger partial charge in [-0.2, -0.15) is 0 Å². The van der Waals surface area contributed by atoms with Crippen molar-refractivity contribution in [2.45, 2.75) is 25.8 Å². The summed E-state index contributed by atoms with van der Waals surface area (Å²) in [6, 6.07) is 8.62. The Bertz CT molecular complexity index is 450. The van der Waals surface area contributed by atoms with Gasteiger partial charge in [-0.15, -0.1) is 0 Å². The van der Waals surface area contributed by atoms with Gasteiger partial charge in [0.05, 0.1) is 12.0 Å². The smallest absolute Gasteiger partial charge is 0.226 e. The highest BCUT2D eigenvalue weighted by Crippen LogP contribution is 2.42. The van der Waals surface area contributed by atoms with Crippen molar-refractivity contribution < 1.29 is 4.79 Å². The quantitative estimate of drug-likeness (QED) is 0.847. The van der Waals surface area contributed by atoms with E-state index in [-0.39, 0.29) is 17.9 Å². The molecule has 1 saturated heterocycles. The zero-order valence-corrected chi connectivity index (χ0v) is 10.8. The van der Waals surface area contributed by atoms with Crippen LogP contribution in [0.25, 0.3) is 0 Å². The predicted molar refractivity (Wildman–Crippen MR) is 71.1 cm³/mol. The molecule has 1 amide bonds. The van der Waals surface area contributed by atoms with Crippen molar-refractivity contribution in [1.82, 2.24) is 10.6 Å². The molecule has 1 aliphatic carbocycles. The molecule has 18 heavy (non-hydrogen) atoms. The highest BCUT2D eigenvalue weighted by Gasteiger charge is 2.36. The minimum atomic E-state index is 0.176. The van der Waals surface area contributed by atoms with Crippen LogP contribution in [0.4, 0.5) is 0 Å². The zero-order chi connectivity index (χ0) is 12.5. The average molecular weight is 244 g/mol. The molecule has 1 heterocycles. The fourth-order valence-electron chi connectivity index (χ4n) is 2.56. The lowest BCUT2D eigenvalue weighted by atomic mass is 9.95. The van der Waals surface area contributed by atoms with Crippen LogP contribution in [0.5, 0.6) is 0 Å². The maximum Gasteiger partial charge on any atom is 0.226 e. The molecule has 1 atom stereocenters. The molecule has 2 aliphatic rings. The molecule has 96 valence electrons. The Hall–Kier alpha value is -1.35. The zero-order valence-electron chi connectivity index (χ0n) is 10.8. The monoisotopic (exact) mass is 244 g/mol. The van der Waals surface area contributed by atoms with Crippen LogP contribution in [0.1, 0.15) is 30.0 Å². The Morgan fingerprint density at radius 2 is 2.06 bits per heavy atom. The molecule has 0 spiro atoms. The molecule has 1 aliphatic heterocycles. The molecule has 2 N–H and O–H groups in total. The number of amides is 1. The van der Waals surface area contributed by atoms with Gasteiger partial charge in [0.15, 0.2) is 0 Å². The van der Waals surface area contributed by atoms with Crippen molar-refractivity contribution >= 4 is 5.91 Å². The Labute approximate surface area is 108 Å². The van der Waals surface area contributed by atoms with Crippen LogP contribution in [-0.4, -0.2) is 19.0 Å². The van der Waals surface area contributed by atoms with E-state index in [1.165, 1.54) is 24.0 Å². The second kappa shape index (κ2) is 4.73. The second-order valence-electron chi connectivity index (χ2n) is 5.54. The van der Waals surface area contributed by atoms with E-state index < -0.39 is 0 Å². The molecule has 0 aromatic heterocycles. The largest absolute Gasteiger partial charge is 0.349 e. The minimum absolute atomic E-state index is 0.176. The first kappa shape index (κ1) is 11.7. The van der Waals surface area contributed by atoms with Crippen LogP contribution < -0.4 is 10.6 Å². The van der Waals surface area contributed by atoms with E-state index in [4.69, 9.17) is 0 Å². The summed E-state index contributed by atoms with van der Waals surface area (Å²) in [7, 11) is 0. The third kappa shape index (κ3) is 2.27. The van der Waals surface area contributed by atoms with Crippen molar-refractivity contribution in [2.24, 2.45) is 11.8 Å². The maximum atomic E-state index is 12.1. The van der Waals surface area contributed by atoms with Crippen molar-refractivity contribution in [3.8, 4) is 0 Å². The van der Waals surface area contributed by atoms with Crippen molar-refractivity contribution in [2.75, 3.05) is 13.1 Å². The Balaban J connectivity index is 1.76. The van der Waals surface area contributed by atoms with Crippen molar-refractivity contribution in [1.29, 1.82) is 0 Å². The summed E-state index contributed by atoms with van der Waals surface area (Å²) in [5.74, 6) is 1.03. The van der Waals surface area contributed by atoms with Gasteiger partial charge in [-0.3, -0.25) is 4.79 Å². The molecule has 3 heteroatoms. The van der Waals surface area contributed by atoms with E-state index in [1.54, 1.807) is 0 Å². The molecule has 3 nitrogen and oxygen atoms in total. The fourth-order valence-corrected chi connectivity index (χ4v) is 2.56. The summed E-state index contributed by atoms with van der Waals surface area (Å²) in [6.45, 7) is 3.79. The molecule has 0 bridgehead atoms. The minimum Gasteiger partial charge on any atom is -0.349 e. The molecule has 1 unspecified atom stereocenters. The summed E-state index contributed by atoms with van der Waals surface area (Å²) < 4.78 is 0. The van der Waals surface area contributed by atoms with Gasteiger partial charge in [-0.05, 0) is 36.8 Å². The molecule has 2 fully saturated rings. The lowest BCUT2D eigenvalue weighted by molar-refractivity contribution is -0.127. The molecule has 1 aromatic carbocycles. The number of hydrogen-bond acceptors (Lipinski definition) is 2. The van der Waals surface area contributed by atoms with Crippen molar-refractivity contribution in [3.05, 3.63) is 35.4 Å². The van der Waals surface area contributed by atoms with Gasteiger partial charge in [0.25, 0.3) is 0 Å². The Morgan fingerprint density at radius 1 is 1.33 bits per heavy atom. The van der Waals surface area contributed by atoms with E-state index in [1.807, 2.05) is 0 Å². The van der Waals surface area contributed by atoms with E-state index in [0.29, 0.717) is 5.92 Å². The molecule has 3 rings (SSSR count). The molecular formula is C15H20N2O. The van der Waals surface area contributed by atoms with Gasteiger partial charge in [-0.1, -0.05) is 24.3 Å². The van der Waals surface area contributed by atoms with E-state index in [2.05, 4.69) is 41.8 Å². The van der Waals surface area contributed by atoms with Gasteiger partial charge in [0, 0.05) is 13.1 Å². The van der Waals surface area contributed by atoms with Crippen LogP contribution in [0.3, 0.4) is 0 Å². The SMILES string of the molecule is Cc1ccccc1C(NC(=O)C1CNC1)C1CC1. The summed E-state index contributed by atoms with van der Waals surface area (Å²) in [4.78, 5) is 12.1. The molecule has 1 aromatic rings. The highest BCUT2D eigenvalue weighted by atomic mass is 16.2. The van der Waals surface area contributed by atoms with E-state index in [9.17, 15) is 4.79 Å². The predicted octanol–water partition coefficient (Wildman–Crippen LogP) is 1.78. The van der Waals surface area contributed by atoms with Crippen LogP contribution in [0.15, 0.2) is 24.3 Å². The normalized spacial score (nSPS) is 21.2. The van der Waals surface area contributed by atoms with Gasteiger partial charge in [0.1, 0.15) is 0 Å². The average Bonchev–Trinajstić information content (AvgIpc) is 3.08. The summed E-state index contributed by atoms with van der Waals surface area (Å²) in [5.41, 5.74) is 2.57. The maximum absolute atomic E-state index is 12.1.